The molecule has 1 saturated carbocycles. The molecule has 23 heavy (non-hydrogen) atoms. The van der Waals surface area contributed by atoms with Crippen LogP contribution >= 0.6 is 11.3 Å². The number of hydrogen-bond donors (Lipinski definition) is 0. The highest BCUT2D eigenvalue weighted by atomic mass is 32.1. The lowest BCUT2D eigenvalue weighted by Crippen LogP contribution is -2.38. The summed E-state index contributed by atoms with van der Waals surface area (Å²) in [5.41, 5.74) is 1.66. The van der Waals surface area contributed by atoms with Gasteiger partial charge in [-0.1, -0.05) is 6.42 Å². The fourth-order valence-corrected chi connectivity index (χ4v) is 4.25. The van der Waals surface area contributed by atoms with Crippen LogP contribution < -0.4 is 5.63 Å². The zero-order valence-corrected chi connectivity index (χ0v) is 13.9. The highest BCUT2D eigenvalue weighted by Crippen LogP contribution is 2.36. The lowest BCUT2D eigenvalue weighted by atomic mass is 9.83. The smallest absolute Gasteiger partial charge is 0.349 e. The highest BCUT2D eigenvalue weighted by molar-refractivity contribution is 7.10. The van der Waals surface area contributed by atoms with Crippen LogP contribution in [0.4, 0.5) is 0 Å². The van der Waals surface area contributed by atoms with Crippen LogP contribution in [-0.2, 0) is 13.0 Å². The first-order valence-corrected chi connectivity index (χ1v) is 9.00. The van der Waals surface area contributed by atoms with E-state index in [2.05, 4.69) is 11.4 Å². The second kappa shape index (κ2) is 5.64. The van der Waals surface area contributed by atoms with E-state index in [1.807, 2.05) is 13.0 Å². The molecule has 0 radical (unpaired) electrons. The second-order valence-electron chi connectivity index (χ2n) is 6.47. The number of carbonyl (C=O) groups is 1. The number of rotatable bonds is 2. The molecule has 0 aromatic carbocycles. The minimum Gasteiger partial charge on any atom is -0.427 e. The minimum atomic E-state index is -0.479. The van der Waals surface area contributed by atoms with E-state index < -0.39 is 5.63 Å². The van der Waals surface area contributed by atoms with Gasteiger partial charge in [0, 0.05) is 23.9 Å². The summed E-state index contributed by atoms with van der Waals surface area (Å²) in [5.74, 6) is 0.899. The molecule has 2 aliphatic rings. The van der Waals surface area contributed by atoms with Gasteiger partial charge in [0.25, 0.3) is 5.91 Å². The van der Waals surface area contributed by atoms with Crippen LogP contribution in [0.2, 0.25) is 0 Å². The van der Waals surface area contributed by atoms with Crippen molar-refractivity contribution < 1.29 is 9.21 Å². The molecule has 0 unspecified atom stereocenters. The molecule has 4 nitrogen and oxygen atoms in total. The molecule has 120 valence electrons. The van der Waals surface area contributed by atoms with Crippen molar-refractivity contribution in [2.75, 3.05) is 6.54 Å². The first-order valence-electron chi connectivity index (χ1n) is 8.12. The predicted molar refractivity (Wildman–Crippen MR) is 89.1 cm³/mol. The molecule has 0 atom stereocenters. The van der Waals surface area contributed by atoms with Crippen molar-refractivity contribution in [2.24, 2.45) is 0 Å². The molecule has 0 spiro atoms. The number of amides is 1. The molecule has 0 bridgehead atoms. The fraction of sp³-hybridized carbons (Fsp3) is 0.444. The Kier molecular flexibility index (Phi) is 3.60. The molecule has 0 N–H and O–H groups in total. The first-order chi connectivity index (χ1) is 11.1. The van der Waals surface area contributed by atoms with Crippen molar-refractivity contribution in [3.8, 4) is 0 Å². The summed E-state index contributed by atoms with van der Waals surface area (Å²) in [6.07, 6.45) is 4.19. The Morgan fingerprint density at radius 2 is 2.22 bits per heavy atom. The summed E-state index contributed by atoms with van der Waals surface area (Å²) >= 11 is 1.74. The molecule has 0 saturated heterocycles. The maximum Gasteiger partial charge on any atom is 0.349 e. The molecule has 4 rings (SSSR count). The van der Waals surface area contributed by atoms with E-state index in [1.165, 1.54) is 16.9 Å². The molecule has 1 amide bonds. The lowest BCUT2D eigenvalue weighted by Gasteiger charge is -2.28. The Balaban J connectivity index is 1.62. The van der Waals surface area contributed by atoms with Crippen LogP contribution in [0.15, 0.2) is 26.7 Å². The van der Waals surface area contributed by atoms with E-state index in [1.54, 1.807) is 16.2 Å². The predicted octanol–water partition coefficient (Wildman–Crippen LogP) is 3.48. The molecular formula is C18H19NO3S. The number of nitrogens with zero attached hydrogens (tertiary/aromatic N) is 1. The third-order valence-electron chi connectivity index (χ3n) is 4.98. The van der Waals surface area contributed by atoms with Crippen molar-refractivity contribution in [3.05, 3.63) is 55.3 Å². The Morgan fingerprint density at radius 3 is 2.91 bits per heavy atom. The average Bonchev–Trinajstić information content (AvgIpc) is 2.91. The van der Waals surface area contributed by atoms with Gasteiger partial charge in [-0.15, -0.1) is 11.3 Å². The number of carbonyl (C=O) groups excluding carboxylic acids is 1. The summed E-state index contributed by atoms with van der Waals surface area (Å²) < 4.78 is 5.46. The summed E-state index contributed by atoms with van der Waals surface area (Å²) in [7, 11) is 0. The molecule has 2 aromatic rings. The summed E-state index contributed by atoms with van der Waals surface area (Å²) in [4.78, 5) is 28.3. The number of thiophene rings is 1. The van der Waals surface area contributed by atoms with Gasteiger partial charge in [-0.25, -0.2) is 4.79 Å². The van der Waals surface area contributed by atoms with Crippen LogP contribution in [-0.4, -0.2) is 17.4 Å². The van der Waals surface area contributed by atoms with Gasteiger partial charge in [0.2, 0.25) is 0 Å². The van der Waals surface area contributed by atoms with E-state index in [9.17, 15) is 9.59 Å². The molecule has 5 heteroatoms. The molecule has 1 fully saturated rings. The lowest BCUT2D eigenvalue weighted by molar-refractivity contribution is 0.0729. The zero-order valence-electron chi connectivity index (χ0n) is 13.1. The highest BCUT2D eigenvalue weighted by Gasteiger charge is 2.28. The van der Waals surface area contributed by atoms with Gasteiger partial charge in [0.1, 0.15) is 11.3 Å². The summed E-state index contributed by atoms with van der Waals surface area (Å²) in [6, 6.07) is 3.95. The van der Waals surface area contributed by atoms with Gasteiger partial charge in [-0.3, -0.25) is 4.79 Å². The van der Waals surface area contributed by atoms with Crippen molar-refractivity contribution >= 4 is 17.2 Å². The number of aryl methyl sites for hydroxylation is 1. The van der Waals surface area contributed by atoms with Gasteiger partial charge in [0.05, 0.1) is 0 Å². The Hall–Kier alpha value is -1.88. The zero-order chi connectivity index (χ0) is 16.0. The third kappa shape index (κ3) is 2.53. The Labute approximate surface area is 138 Å². The fourth-order valence-electron chi connectivity index (χ4n) is 3.36. The van der Waals surface area contributed by atoms with Crippen LogP contribution in [0, 0.1) is 6.92 Å². The Bertz CT molecular complexity index is 816. The van der Waals surface area contributed by atoms with Crippen LogP contribution in [0.3, 0.4) is 0 Å². The summed E-state index contributed by atoms with van der Waals surface area (Å²) in [6.45, 7) is 3.09. The molecule has 3 heterocycles. The van der Waals surface area contributed by atoms with E-state index in [0.717, 1.165) is 30.6 Å². The molecule has 2 aromatic heterocycles. The average molecular weight is 329 g/mol. The normalized spacial score (nSPS) is 17.7. The van der Waals surface area contributed by atoms with E-state index >= 15 is 0 Å². The largest absolute Gasteiger partial charge is 0.427 e. The van der Waals surface area contributed by atoms with Gasteiger partial charge in [-0.2, -0.15) is 0 Å². The van der Waals surface area contributed by atoms with Crippen LogP contribution in [0.1, 0.15) is 57.3 Å². The van der Waals surface area contributed by atoms with Crippen LogP contribution in [0.25, 0.3) is 0 Å². The number of hydrogen-bond acceptors (Lipinski definition) is 4. The van der Waals surface area contributed by atoms with Gasteiger partial charge < -0.3 is 9.32 Å². The quantitative estimate of drug-likeness (QED) is 0.847. The van der Waals surface area contributed by atoms with E-state index in [0.29, 0.717) is 19.0 Å². The maximum atomic E-state index is 12.8. The minimum absolute atomic E-state index is 0.201. The van der Waals surface area contributed by atoms with Gasteiger partial charge in [0.15, 0.2) is 0 Å². The topological polar surface area (TPSA) is 50.5 Å². The number of fused-ring (bicyclic) bond motifs is 1. The van der Waals surface area contributed by atoms with E-state index in [-0.39, 0.29) is 11.5 Å². The molecular weight excluding hydrogens is 310 g/mol. The standard InChI is InChI=1S/C18H19NO3S/c1-11-9-14(12-3-2-4-12)22-18(21)16(11)17(20)19-7-5-15-13(10-19)6-8-23-15/h6,8-9,12H,2-5,7,10H2,1H3. The Morgan fingerprint density at radius 1 is 1.39 bits per heavy atom. The monoisotopic (exact) mass is 329 g/mol. The van der Waals surface area contributed by atoms with Crippen molar-refractivity contribution in [3.63, 3.8) is 0 Å². The van der Waals surface area contributed by atoms with Gasteiger partial charge >= 0.3 is 5.63 Å². The van der Waals surface area contributed by atoms with Gasteiger partial charge in [-0.05, 0) is 54.8 Å². The molecule has 1 aliphatic heterocycles. The van der Waals surface area contributed by atoms with Crippen LogP contribution in [0.5, 0.6) is 0 Å². The third-order valence-corrected chi connectivity index (χ3v) is 6.01. The van der Waals surface area contributed by atoms with E-state index in [4.69, 9.17) is 4.42 Å². The molecule has 1 aliphatic carbocycles. The maximum absolute atomic E-state index is 12.8. The SMILES string of the molecule is Cc1cc(C2CCC2)oc(=O)c1C(=O)N1CCc2sccc2C1. The van der Waals surface area contributed by atoms with Crippen molar-refractivity contribution in [1.82, 2.24) is 4.90 Å². The first kappa shape index (κ1) is 14.7. The van der Waals surface area contributed by atoms with Crippen molar-refractivity contribution in [1.29, 1.82) is 0 Å². The summed E-state index contributed by atoms with van der Waals surface area (Å²) in [5, 5.41) is 2.06. The second-order valence-corrected chi connectivity index (χ2v) is 7.47. The van der Waals surface area contributed by atoms with Crippen molar-refractivity contribution in [2.45, 2.75) is 45.1 Å².